The lowest BCUT2D eigenvalue weighted by molar-refractivity contribution is -0.385. The predicted molar refractivity (Wildman–Crippen MR) is 122 cm³/mol. The van der Waals surface area contributed by atoms with E-state index in [9.17, 15) is 19.7 Å². The largest absolute Gasteiger partial charge is 0.340 e. The Morgan fingerprint density at radius 3 is 2.67 bits per heavy atom. The number of aromatic nitrogens is 2. The van der Waals surface area contributed by atoms with E-state index in [0.29, 0.717) is 30.6 Å². The second-order valence-corrected chi connectivity index (χ2v) is 8.24. The zero-order valence-corrected chi connectivity index (χ0v) is 18.5. The molecular weight excluding hydrogens is 422 g/mol. The van der Waals surface area contributed by atoms with Gasteiger partial charge in [-0.2, -0.15) is 5.10 Å². The summed E-state index contributed by atoms with van der Waals surface area (Å²) in [4.78, 5) is 40.1. The van der Waals surface area contributed by atoms with Crippen LogP contribution in [0.5, 0.6) is 0 Å². The van der Waals surface area contributed by atoms with Crippen molar-refractivity contribution in [3.8, 4) is 5.69 Å². The van der Waals surface area contributed by atoms with Gasteiger partial charge in [0.05, 0.1) is 16.8 Å². The zero-order valence-electron chi connectivity index (χ0n) is 18.5. The molecule has 1 fully saturated rings. The maximum absolute atomic E-state index is 13.2. The molecule has 9 nitrogen and oxygen atoms in total. The molecule has 0 N–H and O–H groups in total. The highest BCUT2D eigenvalue weighted by Gasteiger charge is 2.36. The third kappa shape index (κ3) is 4.62. The molecule has 0 saturated carbocycles. The van der Waals surface area contributed by atoms with Crippen molar-refractivity contribution in [3.63, 3.8) is 0 Å². The van der Waals surface area contributed by atoms with E-state index in [1.165, 1.54) is 18.2 Å². The summed E-state index contributed by atoms with van der Waals surface area (Å²) in [6.45, 7) is 2.46. The summed E-state index contributed by atoms with van der Waals surface area (Å²) in [7, 11) is 1.72. The fourth-order valence-electron chi connectivity index (χ4n) is 4.20. The fraction of sp³-hybridized carbons (Fsp3) is 0.292. The number of hydrogen-bond acceptors (Lipinski definition) is 5. The van der Waals surface area contributed by atoms with Crippen LogP contribution < -0.4 is 0 Å². The number of para-hydroxylation sites is 1. The van der Waals surface area contributed by atoms with Gasteiger partial charge in [-0.3, -0.25) is 19.7 Å². The number of aryl methyl sites for hydroxylation is 1. The highest BCUT2D eigenvalue weighted by Crippen LogP contribution is 2.25. The van der Waals surface area contributed by atoms with Crippen molar-refractivity contribution >= 4 is 17.5 Å². The zero-order chi connectivity index (χ0) is 23.5. The second-order valence-electron chi connectivity index (χ2n) is 8.24. The summed E-state index contributed by atoms with van der Waals surface area (Å²) < 4.78 is 1.76. The van der Waals surface area contributed by atoms with Crippen LogP contribution in [0.2, 0.25) is 0 Å². The van der Waals surface area contributed by atoms with Crippen LogP contribution in [0.4, 0.5) is 5.69 Å². The fourth-order valence-corrected chi connectivity index (χ4v) is 4.20. The standard InChI is InChI=1S/C24H25N5O4/c1-17-13-19(10-11-21(17)29(32)33)23(30)27-12-6-9-22(27)24(31)26(2)15-18-14-25-28(16-18)20-7-4-3-5-8-20/h3-5,7-8,10-11,13-14,16,22H,6,9,12,15H2,1-2H3. The number of benzene rings is 2. The molecule has 1 saturated heterocycles. The summed E-state index contributed by atoms with van der Waals surface area (Å²) in [5.41, 5.74) is 2.56. The first-order chi connectivity index (χ1) is 15.8. The Balaban J connectivity index is 1.45. The Bertz CT molecular complexity index is 1190. The van der Waals surface area contributed by atoms with Crippen LogP contribution in [-0.4, -0.2) is 56.0 Å². The average Bonchev–Trinajstić information content (AvgIpc) is 3.48. The van der Waals surface area contributed by atoms with Crippen molar-refractivity contribution in [2.75, 3.05) is 13.6 Å². The van der Waals surface area contributed by atoms with Crippen molar-refractivity contribution in [1.82, 2.24) is 19.6 Å². The van der Waals surface area contributed by atoms with Crippen LogP contribution in [0.15, 0.2) is 60.9 Å². The topological polar surface area (TPSA) is 102 Å². The van der Waals surface area contributed by atoms with Gasteiger partial charge in [0.1, 0.15) is 6.04 Å². The van der Waals surface area contributed by atoms with Crippen LogP contribution in [0.3, 0.4) is 0 Å². The quantitative estimate of drug-likeness (QED) is 0.426. The van der Waals surface area contributed by atoms with Gasteiger partial charge in [0, 0.05) is 49.1 Å². The summed E-state index contributed by atoms with van der Waals surface area (Å²) in [6, 6.07) is 13.5. The maximum Gasteiger partial charge on any atom is 0.272 e. The molecule has 1 aromatic heterocycles. The van der Waals surface area contributed by atoms with E-state index in [2.05, 4.69) is 5.10 Å². The van der Waals surface area contributed by atoms with Crippen molar-refractivity contribution in [1.29, 1.82) is 0 Å². The molecule has 3 aromatic rings. The van der Waals surface area contributed by atoms with Gasteiger partial charge in [-0.25, -0.2) is 4.68 Å². The number of nitro benzene ring substituents is 1. The number of hydrogen-bond donors (Lipinski definition) is 0. The van der Waals surface area contributed by atoms with Gasteiger partial charge in [-0.1, -0.05) is 18.2 Å². The minimum Gasteiger partial charge on any atom is -0.340 e. The van der Waals surface area contributed by atoms with Gasteiger partial charge in [0.15, 0.2) is 0 Å². The van der Waals surface area contributed by atoms with Gasteiger partial charge in [-0.15, -0.1) is 0 Å². The molecule has 1 aliphatic rings. The summed E-state index contributed by atoms with van der Waals surface area (Å²) in [5.74, 6) is -0.416. The molecule has 2 heterocycles. The molecule has 0 aliphatic carbocycles. The Morgan fingerprint density at radius 1 is 1.21 bits per heavy atom. The average molecular weight is 447 g/mol. The summed E-state index contributed by atoms with van der Waals surface area (Å²) in [5, 5.41) is 15.4. The molecule has 9 heteroatoms. The molecule has 33 heavy (non-hydrogen) atoms. The van der Waals surface area contributed by atoms with E-state index in [1.54, 1.807) is 34.6 Å². The number of amides is 2. The number of carbonyl (C=O) groups excluding carboxylic acids is 2. The number of rotatable bonds is 6. The van der Waals surface area contributed by atoms with Gasteiger partial charge in [-0.05, 0) is 44.0 Å². The predicted octanol–water partition coefficient (Wildman–Crippen LogP) is 3.35. The van der Waals surface area contributed by atoms with E-state index in [4.69, 9.17) is 0 Å². The molecule has 1 atom stereocenters. The first-order valence-corrected chi connectivity index (χ1v) is 10.7. The number of likely N-dealkylation sites (N-methyl/N-ethyl adjacent to an activating group) is 1. The van der Waals surface area contributed by atoms with Gasteiger partial charge in [0.25, 0.3) is 11.6 Å². The normalized spacial score (nSPS) is 15.5. The Kier molecular flexibility index (Phi) is 6.21. The number of nitrogens with zero attached hydrogens (tertiary/aromatic N) is 5. The molecule has 0 radical (unpaired) electrons. The molecule has 1 aliphatic heterocycles. The Morgan fingerprint density at radius 2 is 1.97 bits per heavy atom. The molecule has 0 bridgehead atoms. The summed E-state index contributed by atoms with van der Waals surface area (Å²) >= 11 is 0. The Hall–Kier alpha value is -4.01. The molecule has 2 amide bonds. The highest BCUT2D eigenvalue weighted by molar-refractivity contribution is 5.98. The minimum absolute atomic E-state index is 0.0311. The molecule has 1 unspecified atom stereocenters. The first-order valence-electron chi connectivity index (χ1n) is 10.7. The molecule has 4 rings (SSSR count). The first kappa shape index (κ1) is 22.2. The maximum atomic E-state index is 13.2. The summed E-state index contributed by atoms with van der Waals surface area (Å²) in [6.07, 6.45) is 4.93. The lowest BCUT2D eigenvalue weighted by atomic mass is 10.1. The monoisotopic (exact) mass is 447 g/mol. The van der Waals surface area contributed by atoms with Gasteiger partial charge >= 0.3 is 0 Å². The van der Waals surface area contributed by atoms with Crippen LogP contribution in [0.1, 0.15) is 34.3 Å². The van der Waals surface area contributed by atoms with Crippen LogP contribution in [0.25, 0.3) is 5.69 Å². The SMILES string of the molecule is Cc1cc(C(=O)N2CCCC2C(=O)N(C)Cc2cnn(-c3ccccc3)c2)ccc1[N+](=O)[O-]. The molecule has 0 spiro atoms. The van der Waals surface area contributed by atoms with E-state index < -0.39 is 11.0 Å². The van der Waals surface area contributed by atoms with Crippen LogP contribution in [-0.2, 0) is 11.3 Å². The lowest BCUT2D eigenvalue weighted by Gasteiger charge is -2.28. The number of nitro groups is 1. The van der Waals surface area contributed by atoms with Crippen LogP contribution >= 0.6 is 0 Å². The van der Waals surface area contributed by atoms with Crippen LogP contribution in [0, 0.1) is 17.0 Å². The number of likely N-dealkylation sites (tertiary alicyclic amines) is 1. The molecule has 170 valence electrons. The lowest BCUT2D eigenvalue weighted by Crippen LogP contribution is -2.46. The van der Waals surface area contributed by atoms with Crippen molar-refractivity contribution in [3.05, 3.63) is 87.7 Å². The van der Waals surface area contributed by atoms with E-state index in [0.717, 1.165) is 17.7 Å². The van der Waals surface area contributed by atoms with Crippen molar-refractivity contribution in [2.24, 2.45) is 0 Å². The second kappa shape index (κ2) is 9.23. The highest BCUT2D eigenvalue weighted by atomic mass is 16.6. The van der Waals surface area contributed by atoms with Crippen molar-refractivity contribution in [2.45, 2.75) is 32.4 Å². The van der Waals surface area contributed by atoms with Crippen molar-refractivity contribution < 1.29 is 14.5 Å². The Labute approximate surface area is 191 Å². The molecule has 2 aromatic carbocycles. The van der Waals surface area contributed by atoms with Gasteiger partial charge < -0.3 is 9.80 Å². The third-order valence-electron chi connectivity index (χ3n) is 5.89. The smallest absolute Gasteiger partial charge is 0.272 e. The minimum atomic E-state index is -0.554. The van der Waals surface area contributed by atoms with E-state index in [-0.39, 0.29) is 17.5 Å². The van der Waals surface area contributed by atoms with E-state index in [1.807, 2.05) is 36.5 Å². The van der Waals surface area contributed by atoms with E-state index >= 15 is 0 Å². The van der Waals surface area contributed by atoms with Gasteiger partial charge in [0.2, 0.25) is 5.91 Å². The number of carbonyl (C=O) groups is 2. The molecular formula is C24H25N5O4. The third-order valence-corrected chi connectivity index (χ3v) is 5.89.